The van der Waals surface area contributed by atoms with Crippen LogP contribution in [0.1, 0.15) is 19.8 Å². The summed E-state index contributed by atoms with van der Waals surface area (Å²) in [5.74, 6) is 0.0739. The molecule has 1 amide bonds. The topological polar surface area (TPSA) is 87.3 Å². The van der Waals surface area contributed by atoms with Crippen LogP contribution in [0.15, 0.2) is 0 Å². The summed E-state index contributed by atoms with van der Waals surface area (Å²) in [6.45, 7) is 8.98. The summed E-state index contributed by atoms with van der Waals surface area (Å²) in [4.78, 5) is 11.2. The SMILES string of the molecule is CCCC(=O)NCCOCCOCCOCCOCCOCCNC. The first kappa shape index (κ1) is 24.2. The van der Waals surface area contributed by atoms with Crippen molar-refractivity contribution >= 4 is 5.91 Å². The van der Waals surface area contributed by atoms with Crippen molar-refractivity contribution in [3.8, 4) is 0 Å². The van der Waals surface area contributed by atoms with Crippen LogP contribution in [-0.2, 0) is 28.5 Å². The Labute approximate surface area is 151 Å². The van der Waals surface area contributed by atoms with E-state index in [0.717, 1.165) is 13.0 Å². The summed E-state index contributed by atoms with van der Waals surface area (Å²) in [7, 11) is 1.89. The van der Waals surface area contributed by atoms with E-state index >= 15 is 0 Å². The van der Waals surface area contributed by atoms with E-state index in [0.29, 0.717) is 79.0 Å². The highest BCUT2D eigenvalue weighted by molar-refractivity contribution is 5.75. The smallest absolute Gasteiger partial charge is 0.220 e. The van der Waals surface area contributed by atoms with Crippen molar-refractivity contribution in [1.82, 2.24) is 10.6 Å². The van der Waals surface area contributed by atoms with Crippen molar-refractivity contribution in [2.75, 3.05) is 86.2 Å². The molecule has 0 bridgehead atoms. The third kappa shape index (κ3) is 21.2. The molecule has 0 saturated heterocycles. The molecule has 0 heterocycles. The molecule has 8 heteroatoms. The molecule has 0 spiro atoms. The van der Waals surface area contributed by atoms with Crippen molar-refractivity contribution in [3.63, 3.8) is 0 Å². The van der Waals surface area contributed by atoms with Crippen LogP contribution in [0.2, 0.25) is 0 Å². The lowest BCUT2D eigenvalue weighted by molar-refractivity contribution is -0.121. The number of carbonyl (C=O) groups is 1. The Morgan fingerprint density at radius 1 is 0.680 bits per heavy atom. The predicted octanol–water partition coefficient (Wildman–Crippen LogP) is 0.205. The van der Waals surface area contributed by atoms with E-state index in [1.807, 2.05) is 14.0 Å². The number of hydrogen-bond donors (Lipinski definition) is 2. The van der Waals surface area contributed by atoms with E-state index < -0.39 is 0 Å². The molecule has 8 nitrogen and oxygen atoms in total. The number of hydrogen-bond acceptors (Lipinski definition) is 7. The highest BCUT2D eigenvalue weighted by atomic mass is 16.6. The molecule has 0 rings (SSSR count). The zero-order valence-electron chi connectivity index (χ0n) is 15.8. The standard InChI is InChI=1S/C17H36N2O6/c1-3-4-17(20)19-6-8-22-10-12-24-14-16-25-15-13-23-11-9-21-7-5-18-2/h18H,3-16H2,1-2H3,(H,19,20). The largest absolute Gasteiger partial charge is 0.378 e. The van der Waals surface area contributed by atoms with E-state index in [9.17, 15) is 4.79 Å². The minimum absolute atomic E-state index is 0.0739. The van der Waals surface area contributed by atoms with Gasteiger partial charge in [-0.25, -0.2) is 0 Å². The molecule has 0 aliphatic rings. The van der Waals surface area contributed by atoms with Crippen LogP contribution in [0.5, 0.6) is 0 Å². The summed E-state index contributed by atoms with van der Waals surface area (Å²) in [5.41, 5.74) is 0. The van der Waals surface area contributed by atoms with Crippen LogP contribution in [0.4, 0.5) is 0 Å². The molecule has 25 heavy (non-hydrogen) atoms. The minimum Gasteiger partial charge on any atom is -0.378 e. The Morgan fingerprint density at radius 3 is 1.48 bits per heavy atom. The van der Waals surface area contributed by atoms with Crippen molar-refractivity contribution in [1.29, 1.82) is 0 Å². The van der Waals surface area contributed by atoms with E-state index in [4.69, 9.17) is 23.7 Å². The number of likely N-dealkylation sites (N-methyl/N-ethyl adjacent to an activating group) is 1. The molecule has 0 fully saturated rings. The Kier molecular flexibility index (Phi) is 20.6. The fraction of sp³-hybridized carbons (Fsp3) is 0.941. The molecule has 0 radical (unpaired) electrons. The molecule has 0 aromatic heterocycles. The molecule has 0 aromatic rings. The first-order chi connectivity index (χ1) is 12.3. The average molecular weight is 364 g/mol. The van der Waals surface area contributed by atoms with Gasteiger partial charge in [-0.1, -0.05) is 6.92 Å². The molecule has 2 N–H and O–H groups in total. The molecule has 0 unspecified atom stereocenters. The van der Waals surface area contributed by atoms with Crippen molar-refractivity contribution in [2.45, 2.75) is 19.8 Å². The monoisotopic (exact) mass is 364 g/mol. The first-order valence-electron chi connectivity index (χ1n) is 9.11. The Balaban J connectivity index is 3.02. The Bertz CT molecular complexity index is 282. The van der Waals surface area contributed by atoms with Crippen molar-refractivity contribution < 1.29 is 28.5 Å². The summed E-state index contributed by atoms with van der Waals surface area (Å²) >= 11 is 0. The van der Waals surface area contributed by atoms with E-state index in [2.05, 4.69) is 10.6 Å². The van der Waals surface area contributed by atoms with Gasteiger partial charge >= 0.3 is 0 Å². The second kappa shape index (κ2) is 21.3. The Morgan fingerprint density at radius 2 is 1.08 bits per heavy atom. The zero-order chi connectivity index (χ0) is 18.4. The van der Waals surface area contributed by atoms with Gasteiger partial charge < -0.3 is 34.3 Å². The second-order valence-corrected chi connectivity index (χ2v) is 5.27. The number of amides is 1. The first-order valence-corrected chi connectivity index (χ1v) is 9.11. The summed E-state index contributed by atoms with van der Waals surface area (Å²) in [6.07, 6.45) is 1.43. The normalized spacial score (nSPS) is 11.0. The maximum absolute atomic E-state index is 11.2. The Hall–Kier alpha value is -0.770. The van der Waals surface area contributed by atoms with Gasteiger partial charge in [-0.2, -0.15) is 0 Å². The molecule has 0 atom stereocenters. The molecule has 0 aromatic carbocycles. The third-order valence-corrected chi connectivity index (χ3v) is 3.03. The maximum atomic E-state index is 11.2. The van der Waals surface area contributed by atoms with Crippen LogP contribution in [-0.4, -0.2) is 92.1 Å². The number of ether oxygens (including phenoxy) is 5. The van der Waals surface area contributed by atoms with E-state index in [-0.39, 0.29) is 5.91 Å². The van der Waals surface area contributed by atoms with Crippen LogP contribution in [0.25, 0.3) is 0 Å². The summed E-state index contributed by atoms with van der Waals surface area (Å²) < 4.78 is 26.8. The maximum Gasteiger partial charge on any atom is 0.220 e. The van der Waals surface area contributed by atoms with Gasteiger partial charge in [0, 0.05) is 19.5 Å². The zero-order valence-corrected chi connectivity index (χ0v) is 15.8. The lowest BCUT2D eigenvalue weighted by Crippen LogP contribution is -2.27. The highest BCUT2D eigenvalue weighted by Crippen LogP contribution is 1.86. The average Bonchev–Trinajstić information content (AvgIpc) is 2.61. The molecule has 0 aliphatic carbocycles. The van der Waals surface area contributed by atoms with Crippen molar-refractivity contribution in [2.24, 2.45) is 0 Å². The van der Waals surface area contributed by atoms with E-state index in [1.54, 1.807) is 0 Å². The van der Waals surface area contributed by atoms with Gasteiger partial charge in [0.15, 0.2) is 0 Å². The lowest BCUT2D eigenvalue weighted by atomic mass is 10.3. The lowest BCUT2D eigenvalue weighted by Gasteiger charge is -2.08. The van der Waals surface area contributed by atoms with Crippen LogP contribution >= 0.6 is 0 Å². The van der Waals surface area contributed by atoms with Gasteiger partial charge in [-0.3, -0.25) is 4.79 Å². The fourth-order valence-corrected chi connectivity index (χ4v) is 1.73. The summed E-state index contributed by atoms with van der Waals surface area (Å²) in [6, 6.07) is 0. The molecule has 0 saturated carbocycles. The number of rotatable bonds is 20. The molecular formula is C17H36N2O6. The van der Waals surface area contributed by atoms with Gasteiger partial charge in [0.1, 0.15) is 0 Å². The fourth-order valence-electron chi connectivity index (χ4n) is 1.73. The van der Waals surface area contributed by atoms with Gasteiger partial charge in [0.25, 0.3) is 0 Å². The molecule has 150 valence electrons. The van der Waals surface area contributed by atoms with E-state index in [1.165, 1.54) is 0 Å². The number of carbonyl (C=O) groups excluding carboxylic acids is 1. The predicted molar refractivity (Wildman–Crippen MR) is 95.9 cm³/mol. The highest BCUT2D eigenvalue weighted by Gasteiger charge is 1.97. The van der Waals surface area contributed by atoms with Crippen molar-refractivity contribution in [3.05, 3.63) is 0 Å². The quantitative estimate of drug-likeness (QED) is 0.299. The summed E-state index contributed by atoms with van der Waals surface area (Å²) in [5, 5.41) is 5.80. The minimum atomic E-state index is 0.0739. The molecular weight excluding hydrogens is 328 g/mol. The third-order valence-electron chi connectivity index (χ3n) is 3.03. The van der Waals surface area contributed by atoms with Crippen LogP contribution in [0, 0.1) is 0 Å². The van der Waals surface area contributed by atoms with Gasteiger partial charge in [0.2, 0.25) is 5.91 Å². The van der Waals surface area contributed by atoms with Gasteiger partial charge in [-0.05, 0) is 13.5 Å². The molecule has 0 aliphatic heterocycles. The van der Waals surface area contributed by atoms with Crippen LogP contribution < -0.4 is 10.6 Å². The van der Waals surface area contributed by atoms with Gasteiger partial charge in [-0.15, -0.1) is 0 Å². The van der Waals surface area contributed by atoms with Crippen LogP contribution in [0.3, 0.4) is 0 Å². The number of nitrogens with one attached hydrogen (secondary N) is 2. The van der Waals surface area contributed by atoms with Gasteiger partial charge in [0.05, 0.1) is 66.1 Å². The second-order valence-electron chi connectivity index (χ2n) is 5.27.